The van der Waals surface area contributed by atoms with Gasteiger partial charge in [-0.3, -0.25) is 9.59 Å². The molecule has 1 amide bonds. The summed E-state index contributed by atoms with van der Waals surface area (Å²) in [5, 5.41) is 10.6. The third-order valence-electron chi connectivity index (χ3n) is 4.95. The Balaban J connectivity index is 1.71. The number of para-hydroxylation sites is 2. The van der Waals surface area contributed by atoms with Crippen LogP contribution in [0.15, 0.2) is 89.9 Å². The van der Waals surface area contributed by atoms with Crippen LogP contribution in [0.4, 0.5) is 11.4 Å². The first-order valence-corrected chi connectivity index (χ1v) is 11.2. The molecule has 0 saturated heterocycles. The molecule has 0 fully saturated rings. The fourth-order valence-electron chi connectivity index (χ4n) is 3.23. The van der Waals surface area contributed by atoms with E-state index in [1.54, 1.807) is 60.7 Å². The van der Waals surface area contributed by atoms with Crippen molar-refractivity contribution in [1.29, 1.82) is 0 Å². The summed E-state index contributed by atoms with van der Waals surface area (Å²) in [5.41, 5.74) is 1.33. The molecule has 4 aromatic rings. The fraction of sp³-hybridized carbons (Fsp3) is 0.115. The lowest BCUT2D eigenvalue weighted by atomic mass is 10.2. The monoisotopic (exact) mass is 474 g/mol. The van der Waals surface area contributed by atoms with Gasteiger partial charge in [0.25, 0.3) is 11.5 Å². The number of anilines is 2. The zero-order chi connectivity index (χ0) is 23.9. The first kappa shape index (κ1) is 23.1. The van der Waals surface area contributed by atoms with E-state index in [-0.39, 0.29) is 17.3 Å². The van der Waals surface area contributed by atoms with Crippen LogP contribution in [0.1, 0.15) is 23.7 Å². The van der Waals surface area contributed by atoms with Gasteiger partial charge in [0.2, 0.25) is 0 Å². The van der Waals surface area contributed by atoms with Crippen molar-refractivity contribution in [3.8, 4) is 17.2 Å². The van der Waals surface area contributed by atoms with E-state index in [1.807, 2.05) is 25.1 Å². The molecule has 1 aromatic heterocycles. The largest absolute Gasteiger partial charge is 0.453 e. The molecule has 1 heterocycles. The molecule has 0 aliphatic rings. The third-order valence-corrected chi connectivity index (χ3v) is 5.27. The Labute approximate surface area is 202 Å². The van der Waals surface area contributed by atoms with Crippen LogP contribution in [-0.2, 0) is 0 Å². The predicted octanol–water partition coefficient (Wildman–Crippen LogP) is 5.56. The maximum atomic E-state index is 13.5. The van der Waals surface area contributed by atoms with E-state index in [2.05, 4.69) is 15.7 Å². The summed E-state index contributed by atoms with van der Waals surface area (Å²) in [6.45, 7) is 2.60. The number of carbonyl (C=O) groups is 1. The molecule has 0 radical (unpaired) electrons. The number of halogens is 1. The molecule has 0 unspecified atom stereocenters. The lowest BCUT2D eigenvalue weighted by Gasteiger charge is -2.15. The van der Waals surface area contributed by atoms with E-state index in [0.717, 1.165) is 6.42 Å². The molecule has 2 N–H and O–H groups in total. The summed E-state index contributed by atoms with van der Waals surface area (Å²) in [7, 11) is 0. The Bertz CT molecular complexity index is 1340. The van der Waals surface area contributed by atoms with Crippen LogP contribution >= 0.6 is 11.6 Å². The molecule has 0 atom stereocenters. The molecule has 0 aliphatic carbocycles. The van der Waals surface area contributed by atoms with E-state index >= 15 is 0 Å². The highest BCUT2D eigenvalue weighted by atomic mass is 35.5. The van der Waals surface area contributed by atoms with E-state index in [4.69, 9.17) is 16.3 Å². The number of hydrogen-bond acceptors (Lipinski definition) is 5. The second-order valence-corrected chi connectivity index (χ2v) is 7.83. The van der Waals surface area contributed by atoms with Crippen LogP contribution in [0, 0.1) is 0 Å². The number of amides is 1. The number of hydrogen-bond donors (Lipinski definition) is 2. The minimum atomic E-state index is -0.439. The summed E-state index contributed by atoms with van der Waals surface area (Å²) in [6.07, 6.45) is 2.32. The second kappa shape index (κ2) is 10.7. The second-order valence-electron chi connectivity index (χ2n) is 7.43. The fourth-order valence-corrected chi connectivity index (χ4v) is 3.45. The van der Waals surface area contributed by atoms with Gasteiger partial charge in [-0.05, 0) is 55.0 Å². The number of rotatable bonds is 8. The molecule has 172 valence electrons. The topological polar surface area (TPSA) is 85.2 Å². The van der Waals surface area contributed by atoms with Gasteiger partial charge in [-0.25, -0.2) is 0 Å². The van der Waals surface area contributed by atoms with Gasteiger partial charge in [-0.15, -0.1) is 0 Å². The Kier molecular flexibility index (Phi) is 7.25. The van der Waals surface area contributed by atoms with Crippen molar-refractivity contribution < 1.29 is 9.53 Å². The van der Waals surface area contributed by atoms with Gasteiger partial charge in [0, 0.05) is 17.8 Å². The van der Waals surface area contributed by atoms with Gasteiger partial charge in [0.05, 0.1) is 16.9 Å². The van der Waals surface area contributed by atoms with Gasteiger partial charge < -0.3 is 15.4 Å². The van der Waals surface area contributed by atoms with Crippen molar-refractivity contribution in [3.05, 3.63) is 106 Å². The van der Waals surface area contributed by atoms with Gasteiger partial charge in [0.15, 0.2) is 11.4 Å². The Morgan fingerprint density at radius 1 is 1.00 bits per heavy atom. The lowest BCUT2D eigenvalue weighted by Crippen LogP contribution is -2.24. The summed E-state index contributed by atoms with van der Waals surface area (Å²) in [5.74, 6) is 0.668. The molecule has 3 aromatic carbocycles. The molecule has 7 nitrogen and oxygen atoms in total. The maximum absolute atomic E-state index is 13.5. The number of aromatic nitrogens is 2. The minimum absolute atomic E-state index is 0.147. The van der Waals surface area contributed by atoms with Crippen molar-refractivity contribution in [2.45, 2.75) is 13.3 Å². The van der Waals surface area contributed by atoms with Crippen molar-refractivity contribution in [2.24, 2.45) is 0 Å². The van der Waals surface area contributed by atoms with Gasteiger partial charge in [-0.2, -0.15) is 9.78 Å². The van der Waals surface area contributed by atoms with Crippen molar-refractivity contribution in [1.82, 2.24) is 15.1 Å². The molecule has 0 saturated carbocycles. The minimum Gasteiger partial charge on any atom is -0.453 e. The Morgan fingerprint density at radius 2 is 1.71 bits per heavy atom. The van der Waals surface area contributed by atoms with Crippen LogP contribution in [-0.4, -0.2) is 22.2 Å². The van der Waals surface area contributed by atoms with Crippen LogP contribution in [0.2, 0.25) is 5.02 Å². The van der Waals surface area contributed by atoms with E-state index < -0.39 is 5.56 Å². The van der Waals surface area contributed by atoms with E-state index in [1.165, 1.54) is 10.9 Å². The predicted molar refractivity (Wildman–Crippen MR) is 134 cm³/mol. The average Bonchev–Trinajstić information content (AvgIpc) is 2.86. The summed E-state index contributed by atoms with van der Waals surface area (Å²) < 4.78 is 7.17. The molecule has 0 aliphatic heterocycles. The van der Waals surface area contributed by atoms with Crippen LogP contribution in [0.3, 0.4) is 0 Å². The van der Waals surface area contributed by atoms with Crippen LogP contribution < -0.4 is 20.9 Å². The smallest absolute Gasteiger partial charge is 0.299 e. The lowest BCUT2D eigenvalue weighted by molar-refractivity contribution is 0.0953. The van der Waals surface area contributed by atoms with Crippen molar-refractivity contribution in [2.75, 3.05) is 11.9 Å². The number of benzene rings is 3. The molecule has 0 bridgehead atoms. The van der Waals surface area contributed by atoms with Gasteiger partial charge >= 0.3 is 0 Å². The molecule has 8 heteroatoms. The Hall–Kier alpha value is -4.10. The zero-order valence-electron chi connectivity index (χ0n) is 18.5. The van der Waals surface area contributed by atoms with Crippen molar-refractivity contribution in [3.63, 3.8) is 0 Å². The molecular formula is C26H23ClN4O3. The summed E-state index contributed by atoms with van der Waals surface area (Å²) in [6, 6.07) is 22.9. The Morgan fingerprint density at radius 3 is 2.41 bits per heavy atom. The molecule has 0 spiro atoms. The standard InChI is InChI=1S/C26H23ClN4O3/c1-2-16-28-25(32)18-12-14-19(15-13-18)30-24-23(34-20-8-4-3-5-9-20)17-29-31(26(24)33)22-11-7-6-10-21(22)27/h3-15,17,30H,2,16H2,1H3,(H,28,32). The SMILES string of the molecule is CCCNC(=O)c1ccc(Nc2c(Oc3ccccc3)cnn(-c3ccccc3Cl)c2=O)cc1. The number of nitrogens with zero attached hydrogens (tertiary/aromatic N) is 2. The number of nitrogens with one attached hydrogen (secondary N) is 2. The summed E-state index contributed by atoms with van der Waals surface area (Å²) in [4.78, 5) is 25.7. The normalized spacial score (nSPS) is 10.5. The first-order chi connectivity index (χ1) is 16.6. The van der Waals surface area contributed by atoms with Crippen LogP contribution in [0.25, 0.3) is 5.69 Å². The highest BCUT2D eigenvalue weighted by molar-refractivity contribution is 6.32. The quantitative estimate of drug-likeness (QED) is 0.349. The molecule has 4 rings (SSSR count). The maximum Gasteiger partial charge on any atom is 0.299 e. The number of carbonyl (C=O) groups excluding carboxylic acids is 1. The van der Waals surface area contributed by atoms with Crippen molar-refractivity contribution >= 4 is 28.9 Å². The third kappa shape index (κ3) is 5.27. The number of ether oxygens (including phenoxy) is 1. The summed E-state index contributed by atoms with van der Waals surface area (Å²) >= 11 is 6.31. The average molecular weight is 475 g/mol. The van der Waals surface area contributed by atoms with Gasteiger partial charge in [-0.1, -0.05) is 48.9 Å². The molecular weight excluding hydrogens is 452 g/mol. The highest BCUT2D eigenvalue weighted by Gasteiger charge is 2.17. The van der Waals surface area contributed by atoms with Crippen LogP contribution in [0.5, 0.6) is 11.5 Å². The highest BCUT2D eigenvalue weighted by Crippen LogP contribution is 2.29. The van der Waals surface area contributed by atoms with E-state index in [9.17, 15) is 9.59 Å². The zero-order valence-corrected chi connectivity index (χ0v) is 19.3. The first-order valence-electron chi connectivity index (χ1n) is 10.8. The molecule has 34 heavy (non-hydrogen) atoms. The van der Waals surface area contributed by atoms with Gasteiger partial charge in [0.1, 0.15) is 5.75 Å². The van der Waals surface area contributed by atoms with E-state index in [0.29, 0.717) is 34.3 Å².